The van der Waals surface area contributed by atoms with Crippen LogP contribution in [0.15, 0.2) is 0 Å². The number of amides is 2. The van der Waals surface area contributed by atoms with Crippen LogP contribution in [0.4, 0.5) is 13.2 Å². The van der Waals surface area contributed by atoms with Crippen LogP contribution in [0, 0.1) is 0 Å². The fourth-order valence-electron chi connectivity index (χ4n) is 4.18. The number of rotatable bonds is 10. The summed E-state index contributed by atoms with van der Waals surface area (Å²) in [6, 6.07) is -0.219. The van der Waals surface area contributed by atoms with Crippen molar-refractivity contribution in [2.24, 2.45) is 0 Å². The molecule has 3 atom stereocenters. The molecule has 0 aromatic carbocycles. The zero-order valence-electron chi connectivity index (χ0n) is 17.9. The van der Waals surface area contributed by atoms with E-state index in [2.05, 4.69) is 22.9 Å². The zero-order chi connectivity index (χ0) is 22.2. The summed E-state index contributed by atoms with van der Waals surface area (Å²) in [7, 11) is 0. The quantitative estimate of drug-likeness (QED) is 0.453. The van der Waals surface area contributed by atoms with Crippen molar-refractivity contribution in [2.75, 3.05) is 39.3 Å². The Morgan fingerprint density at radius 2 is 2.17 bits per heavy atom. The Labute approximate surface area is 176 Å². The summed E-state index contributed by atoms with van der Waals surface area (Å²) < 4.78 is 42.3. The second kappa shape index (κ2) is 11.3. The van der Waals surface area contributed by atoms with E-state index in [1.54, 1.807) is 0 Å². The molecule has 2 amide bonds. The lowest BCUT2D eigenvalue weighted by Gasteiger charge is -2.46. The molecule has 2 fully saturated rings. The third-order valence-corrected chi connectivity index (χ3v) is 6.03. The van der Waals surface area contributed by atoms with Crippen molar-refractivity contribution in [3.8, 4) is 0 Å². The molecule has 10 heteroatoms. The maximum Gasteiger partial charge on any atom is 0.411 e. The summed E-state index contributed by atoms with van der Waals surface area (Å²) >= 11 is 0. The minimum absolute atomic E-state index is 0.0210. The monoisotopic (exact) mass is 436 g/mol. The van der Waals surface area contributed by atoms with E-state index in [9.17, 15) is 22.8 Å². The van der Waals surface area contributed by atoms with Crippen LogP contribution < -0.4 is 16.0 Å². The van der Waals surface area contributed by atoms with E-state index in [1.807, 2.05) is 6.92 Å². The second-order valence-electron chi connectivity index (χ2n) is 8.36. The molecule has 0 aromatic rings. The van der Waals surface area contributed by atoms with Crippen LogP contribution in [0.3, 0.4) is 0 Å². The molecule has 2 heterocycles. The topological polar surface area (TPSA) is 82.7 Å². The third kappa shape index (κ3) is 7.70. The number of hydrogen-bond acceptors (Lipinski definition) is 5. The zero-order valence-corrected chi connectivity index (χ0v) is 17.9. The summed E-state index contributed by atoms with van der Waals surface area (Å²) in [6.07, 6.45) is 0.186. The number of carbonyl (C=O) groups excluding carboxylic acids is 2. The van der Waals surface area contributed by atoms with Crippen molar-refractivity contribution in [1.29, 1.82) is 0 Å². The van der Waals surface area contributed by atoms with E-state index in [0.29, 0.717) is 32.5 Å². The molecular weight excluding hydrogens is 401 g/mol. The standard InChI is InChI=1S/C20H35F3N4O3/c1-3-4-5-7-19(8-6-16(11-25-19)30-14-20(21,22)23)15(2)26-17(28)13-27-10-9-24-12-18(27)29/h15-16,24-25H,3-14H2,1-2H3,(H,26,28)/t15-,16?,19?/m1/s1. The minimum atomic E-state index is -4.33. The van der Waals surface area contributed by atoms with E-state index in [4.69, 9.17) is 4.74 Å². The highest BCUT2D eigenvalue weighted by Gasteiger charge is 2.41. The SMILES string of the molecule is CCCCCC1([C@@H](C)NC(=O)CN2CCNCC2=O)CCC(OCC(F)(F)F)CN1. The van der Waals surface area contributed by atoms with Crippen LogP contribution in [-0.2, 0) is 14.3 Å². The van der Waals surface area contributed by atoms with Crippen LogP contribution in [0.2, 0.25) is 0 Å². The number of nitrogens with zero attached hydrogens (tertiary/aromatic N) is 1. The molecule has 0 aromatic heterocycles. The molecule has 2 aliphatic heterocycles. The summed E-state index contributed by atoms with van der Waals surface area (Å²) in [5.74, 6) is -0.313. The molecule has 174 valence electrons. The average Bonchev–Trinajstić information content (AvgIpc) is 2.68. The Hall–Kier alpha value is -1.39. The van der Waals surface area contributed by atoms with Crippen molar-refractivity contribution in [3.63, 3.8) is 0 Å². The lowest BCUT2D eigenvalue weighted by Crippen LogP contribution is -2.64. The molecule has 0 radical (unpaired) electrons. The Morgan fingerprint density at radius 1 is 1.40 bits per heavy atom. The van der Waals surface area contributed by atoms with E-state index in [-0.39, 0.29) is 30.9 Å². The number of nitrogens with one attached hydrogen (secondary N) is 3. The Balaban J connectivity index is 1.92. The van der Waals surface area contributed by atoms with Gasteiger partial charge in [-0.25, -0.2) is 0 Å². The number of piperidine rings is 1. The predicted octanol–water partition coefficient (Wildman–Crippen LogP) is 1.57. The molecule has 2 aliphatic rings. The number of alkyl halides is 3. The summed E-state index contributed by atoms with van der Waals surface area (Å²) in [4.78, 5) is 26.0. The fraction of sp³-hybridized carbons (Fsp3) is 0.900. The Morgan fingerprint density at radius 3 is 2.77 bits per heavy atom. The van der Waals surface area contributed by atoms with Crippen molar-refractivity contribution in [2.45, 2.75) is 76.2 Å². The van der Waals surface area contributed by atoms with Gasteiger partial charge in [0.1, 0.15) is 6.61 Å². The van der Waals surface area contributed by atoms with Gasteiger partial charge in [-0.15, -0.1) is 0 Å². The molecule has 2 rings (SSSR count). The Bertz CT molecular complexity index is 566. The number of hydrogen-bond donors (Lipinski definition) is 3. The van der Waals surface area contributed by atoms with Gasteiger partial charge in [0.05, 0.1) is 19.2 Å². The molecule has 0 bridgehead atoms. The predicted molar refractivity (Wildman–Crippen MR) is 107 cm³/mol. The molecule has 7 nitrogen and oxygen atoms in total. The maximum absolute atomic E-state index is 12.6. The van der Waals surface area contributed by atoms with Crippen LogP contribution >= 0.6 is 0 Å². The lowest BCUT2D eigenvalue weighted by atomic mass is 9.78. The largest absolute Gasteiger partial charge is 0.411 e. The minimum Gasteiger partial charge on any atom is -0.367 e. The molecule has 3 N–H and O–H groups in total. The molecule has 2 unspecified atom stereocenters. The first-order valence-corrected chi connectivity index (χ1v) is 10.9. The maximum atomic E-state index is 12.6. The first-order valence-electron chi connectivity index (χ1n) is 10.9. The van der Waals surface area contributed by atoms with Gasteiger partial charge < -0.3 is 25.6 Å². The second-order valence-corrected chi connectivity index (χ2v) is 8.36. The van der Waals surface area contributed by atoms with Crippen LogP contribution in [0.1, 0.15) is 52.4 Å². The lowest BCUT2D eigenvalue weighted by molar-refractivity contribution is -0.188. The normalized spacial score (nSPS) is 26.5. The van der Waals surface area contributed by atoms with Gasteiger partial charge in [0.25, 0.3) is 0 Å². The molecule has 0 saturated carbocycles. The van der Waals surface area contributed by atoms with Gasteiger partial charge in [0, 0.05) is 31.2 Å². The third-order valence-electron chi connectivity index (χ3n) is 6.03. The van der Waals surface area contributed by atoms with Crippen LogP contribution in [0.5, 0.6) is 0 Å². The highest BCUT2D eigenvalue weighted by molar-refractivity contribution is 5.86. The van der Waals surface area contributed by atoms with E-state index < -0.39 is 24.4 Å². The van der Waals surface area contributed by atoms with Gasteiger partial charge in [0.2, 0.25) is 11.8 Å². The molecule has 2 saturated heterocycles. The van der Waals surface area contributed by atoms with Crippen LogP contribution in [-0.4, -0.2) is 79.9 Å². The molecule has 30 heavy (non-hydrogen) atoms. The van der Waals surface area contributed by atoms with Gasteiger partial charge in [-0.2, -0.15) is 13.2 Å². The number of halogens is 3. The first-order chi connectivity index (χ1) is 14.1. The van der Waals surface area contributed by atoms with Crippen molar-refractivity contribution >= 4 is 11.8 Å². The number of ether oxygens (including phenoxy) is 1. The highest BCUT2D eigenvalue weighted by Crippen LogP contribution is 2.30. The van der Waals surface area contributed by atoms with E-state index >= 15 is 0 Å². The van der Waals surface area contributed by atoms with Gasteiger partial charge in [-0.05, 0) is 26.2 Å². The van der Waals surface area contributed by atoms with Crippen molar-refractivity contribution < 1.29 is 27.5 Å². The van der Waals surface area contributed by atoms with E-state index in [0.717, 1.165) is 25.7 Å². The summed E-state index contributed by atoms with van der Waals surface area (Å²) in [5, 5.41) is 9.39. The number of carbonyl (C=O) groups is 2. The van der Waals surface area contributed by atoms with E-state index in [1.165, 1.54) is 4.90 Å². The van der Waals surface area contributed by atoms with Crippen LogP contribution in [0.25, 0.3) is 0 Å². The van der Waals surface area contributed by atoms with Gasteiger partial charge in [0.15, 0.2) is 0 Å². The molecule has 0 spiro atoms. The van der Waals surface area contributed by atoms with Gasteiger partial charge in [-0.1, -0.05) is 26.2 Å². The van der Waals surface area contributed by atoms with Gasteiger partial charge in [-0.3, -0.25) is 9.59 Å². The number of unbranched alkanes of at least 4 members (excludes halogenated alkanes) is 2. The smallest absolute Gasteiger partial charge is 0.367 e. The fourth-order valence-corrected chi connectivity index (χ4v) is 4.18. The van der Waals surface area contributed by atoms with Gasteiger partial charge >= 0.3 is 6.18 Å². The van der Waals surface area contributed by atoms with Crippen molar-refractivity contribution in [3.05, 3.63) is 0 Å². The molecule has 0 aliphatic carbocycles. The molecular formula is C20H35F3N4O3. The average molecular weight is 437 g/mol. The highest BCUT2D eigenvalue weighted by atomic mass is 19.4. The summed E-state index contributed by atoms with van der Waals surface area (Å²) in [6.45, 7) is 4.53. The summed E-state index contributed by atoms with van der Waals surface area (Å²) in [5.41, 5.74) is -0.392. The van der Waals surface area contributed by atoms with Crippen molar-refractivity contribution in [1.82, 2.24) is 20.9 Å². The first kappa shape index (κ1) is 24.9. The Kier molecular flexibility index (Phi) is 9.36. The number of piperazine rings is 1.